The Hall–Kier alpha value is -0.0800. The Balaban J connectivity index is 1.86. The number of hydrogen-bond donors (Lipinski definition) is 2. The predicted octanol–water partition coefficient (Wildman–Crippen LogP) is 2.17. The zero-order valence-corrected chi connectivity index (χ0v) is 10.6. The van der Waals surface area contributed by atoms with Gasteiger partial charge in [0.1, 0.15) is 0 Å². The van der Waals surface area contributed by atoms with E-state index in [1.165, 1.54) is 38.5 Å². The lowest BCUT2D eigenvalue weighted by molar-refractivity contribution is -0.151. The molecule has 0 saturated heterocycles. The van der Waals surface area contributed by atoms with E-state index in [0.717, 1.165) is 18.4 Å². The Morgan fingerprint density at radius 1 is 1.25 bits per heavy atom. The van der Waals surface area contributed by atoms with Gasteiger partial charge in [-0.05, 0) is 68.2 Å². The number of nitrogens with one attached hydrogen (secondary N) is 1. The number of hydrogen-bond acceptors (Lipinski definition) is 2. The molecule has 2 heteroatoms. The second-order valence-corrected chi connectivity index (χ2v) is 7.21. The molecular formula is C14H25NO. The summed E-state index contributed by atoms with van der Waals surface area (Å²) in [5.41, 5.74) is 0.820. The van der Waals surface area contributed by atoms with Crippen molar-refractivity contribution in [2.75, 3.05) is 13.6 Å². The van der Waals surface area contributed by atoms with Crippen molar-refractivity contribution in [3.63, 3.8) is 0 Å². The minimum atomic E-state index is -0.122. The van der Waals surface area contributed by atoms with E-state index in [1.807, 2.05) is 7.05 Å². The Kier molecular flexibility index (Phi) is 2.38. The van der Waals surface area contributed by atoms with E-state index in [0.29, 0.717) is 5.41 Å². The molecule has 3 atom stereocenters. The molecule has 0 spiro atoms. The van der Waals surface area contributed by atoms with Crippen LogP contribution in [0.5, 0.6) is 0 Å². The molecule has 2 N–H and O–H groups in total. The fraction of sp³-hybridized carbons (Fsp3) is 1.00. The van der Waals surface area contributed by atoms with E-state index < -0.39 is 0 Å². The summed E-state index contributed by atoms with van der Waals surface area (Å²) in [7, 11) is 1.95. The average molecular weight is 223 g/mol. The Labute approximate surface area is 98.8 Å². The molecule has 0 aliphatic heterocycles. The van der Waals surface area contributed by atoms with Crippen LogP contribution >= 0.6 is 0 Å². The lowest BCUT2D eigenvalue weighted by Gasteiger charge is -2.62. The first kappa shape index (κ1) is 11.0. The Morgan fingerprint density at radius 3 is 2.38 bits per heavy atom. The number of aliphatic hydroxyl groups is 1. The molecule has 0 aromatic heterocycles. The van der Waals surface area contributed by atoms with Gasteiger partial charge in [-0.25, -0.2) is 0 Å². The first-order valence-corrected chi connectivity index (χ1v) is 6.88. The van der Waals surface area contributed by atoms with Crippen LogP contribution in [-0.2, 0) is 0 Å². The summed E-state index contributed by atoms with van der Waals surface area (Å²) in [6.45, 7) is 3.24. The minimum Gasteiger partial charge on any atom is -0.391 e. The summed E-state index contributed by atoms with van der Waals surface area (Å²) in [4.78, 5) is 0. The molecule has 4 saturated carbocycles. The smallest absolute Gasteiger partial charge is 0.0720 e. The highest BCUT2D eigenvalue weighted by Crippen LogP contribution is 2.66. The predicted molar refractivity (Wildman–Crippen MR) is 65.2 cm³/mol. The van der Waals surface area contributed by atoms with Crippen molar-refractivity contribution < 1.29 is 5.11 Å². The van der Waals surface area contributed by atoms with Crippen molar-refractivity contribution in [1.82, 2.24) is 5.32 Å². The third-order valence-corrected chi connectivity index (χ3v) is 5.50. The van der Waals surface area contributed by atoms with Crippen LogP contribution in [0.1, 0.15) is 45.4 Å². The Morgan fingerprint density at radius 2 is 1.88 bits per heavy atom. The molecular weight excluding hydrogens is 198 g/mol. The molecule has 92 valence electrons. The van der Waals surface area contributed by atoms with Crippen molar-refractivity contribution in [1.29, 1.82) is 0 Å². The highest BCUT2D eigenvalue weighted by Gasteiger charge is 2.57. The van der Waals surface area contributed by atoms with Gasteiger partial charge >= 0.3 is 0 Å². The van der Waals surface area contributed by atoms with Gasteiger partial charge in [-0.3, -0.25) is 0 Å². The highest BCUT2D eigenvalue weighted by atomic mass is 16.3. The van der Waals surface area contributed by atoms with Crippen molar-refractivity contribution in [3.05, 3.63) is 0 Å². The van der Waals surface area contributed by atoms with Crippen LogP contribution in [0.3, 0.4) is 0 Å². The summed E-state index contributed by atoms with van der Waals surface area (Å²) in [5.74, 6) is 1.83. The summed E-state index contributed by atoms with van der Waals surface area (Å²) < 4.78 is 0. The first-order chi connectivity index (χ1) is 7.55. The van der Waals surface area contributed by atoms with Crippen LogP contribution in [0.2, 0.25) is 0 Å². The molecule has 0 heterocycles. The lowest BCUT2D eigenvalue weighted by atomic mass is 9.43. The van der Waals surface area contributed by atoms with Gasteiger partial charge in [0.05, 0.1) is 6.10 Å². The van der Waals surface area contributed by atoms with Crippen molar-refractivity contribution in [2.24, 2.45) is 22.7 Å². The molecule has 4 aliphatic carbocycles. The Bertz CT molecular complexity index is 274. The SMILES string of the molecule is CNCC(O)C12CC3CC(CC(C)(C3)C1)C2. The first-order valence-electron chi connectivity index (χ1n) is 6.88. The van der Waals surface area contributed by atoms with Gasteiger partial charge in [0.2, 0.25) is 0 Å². The molecule has 0 radical (unpaired) electrons. The maximum atomic E-state index is 10.5. The number of aliphatic hydroxyl groups excluding tert-OH is 1. The zero-order chi connectivity index (χ0) is 11.4. The molecule has 2 nitrogen and oxygen atoms in total. The molecule has 0 aromatic rings. The molecule has 4 bridgehead atoms. The van der Waals surface area contributed by atoms with Crippen LogP contribution < -0.4 is 5.32 Å². The minimum absolute atomic E-state index is 0.122. The van der Waals surface area contributed by atoms with E-state index in [-0.39, 0.29) is 11.5 Å². The molecule has 16 heavy (non-hydrogen) atoms. The van der Waals surface area contributed by atoms with Crippen molar-refractivity contribution in [2.45, 2.75) is 51.6 Å². The second kappa shape index (κ2) is 3.46. The quantitative estimate of drug-likeness (QED) is 0.768. The fourth-order valence-electron chi connectivity index (χ4n) is 5.60. The van der Waals surface area contributed by atoms with Gasteiger partial charge in [0.15, 0.2) is 0 Å². The monoisotopic (exact) mass is 223 g/mol. The van der Waals surface area contributed by atoms with E-state index in [9.17, 15) is 5.11 Å². The van der Waals surface area contributed by atoms with Crippen molar-refractivity contribution >= 4 is 0 Å². The standard InChI is InChI=1S/C14H25NO/c1-13-4-10-3-11(5-13)7-14(6-10,9-13)12(16)8-15-2/h10-12,15-16H,3-9H2,1-2H3. The van der Waals surface area contributed by atoms with E-state index in [2.05, 4.69) is 12.2 Å². The van der Waals surface area contributed by atoms with Crippen LogP contribution in [0.15, 0.2) is 0 Å². The van der Waals surface area contributed by atoms with Crippen molar-refractivity contribution in [3.8, 4) is 0 Å². The topological polar surface area (TPSA) is 32.3 Å². The molecule has 4 rings (SSSR count). The molecule has 4 aliphatic rings. The third-order valence-electron chi connectivity index (χ3n) is 5.50. The fourth-order valence-corrected chi connectivity index (χ4v) is 5.60. The van der Waals surface area contributed by atoms with E-state index in [1.54, 1.807) is 0 Å². The van der Waals surface area contributed by atoms with Gasteiger partial charge < -0.3 is 10.4 Å². The van der Waals surface area contributed by atoms with Crippen LogP contribution in [0, 0.1) is 22.7 Å². The molecule has 0 amide bonds. The summed E-state index contributed by atoms with van der Waals surface area (Å²) in [6, 6.07) is 0. The van der Waals surface area contributed by atoms with Crippen LogP contribution in [0.25, 0.3) is 0 Å². The molecule has 3 unspecified atom stereocenters. The molecule has 4 fully saturated rings. The highest BCUT2D eigenvalue weighted by molar-refractivity contribution is 5.08. The maximum absolute atomic E-state index is 10.5. The summed E-state index contributed by atoms with van der Waals surface area (Å²) >= 11 is 0. The average Bonchev–Trinajstić information content (AvgIpc) is 2.13. The van der Waals surface area contributed by atoms with Crippen LogP contribution in [0.4, 0.5) is 0 Å². The van der Waals surface area contributed by atoms with Crippen LogP contribution in [-0.4, -0.2) is 24.8 Å². The second-order valence-electron chi connectivity index (χ2n) is 7.21. The maximum Gasteiger partial charge on any atom is 0.0720 e. The lowest BCUT2D eigenvalue weighted by Crippen LogP contribution is -2.57. The van der Waals surface area contributed by atoms with Gasteiger partial charge in [-0.1, -0.05) is 6.92 Å². The number of rotatable bonds is 3. The zero-order valence-electron chi connectivity index (χ0n) is 10.6. The third kappa shape index (κ3) is 1.53. The largest absolute Gasteiger partial charge is 0.391 e. The van der Waals surface area contributed by atoms with E-state index in [4.69, 9.17) is 0 Å². The van der Waals surface area contributed by atoms with E-state index >= 15 is 0 Å². The summed E-state index contributed by atoms with van der Waals surface area (Å²) in [6.07, 6.45) is 8.04. The number of likely N-dealkylation sites (N-methyl/N-ethyl adjacent to an activating group) is 1. The molecule has 0 aromatic carbocycles. The normalized spacial score (nSPS) is 51.9. The van der Waals surface area contributed by atoms with Gasteiger partial charge in [-0.2, -0.15) is 0 Å². The van der Waals surface area contributed by atoms with Gasteiger partial charge in [-0.15, -0.1) is 0 Å². The van der Waals surface area contributed by atoms with Gasteiger partial charge in [0, 0.05) is 6.54 Å². The summed E-state index contributed by atoms with van der Waals surface area (Å²) in [5, 5.41) is 13.6. The van der Waals surface area contributed by atoms with Gasteiger partial charge in [0.25, 0.3) is 0 Å².